The highest BCUT2D eigenvalue weighted by atomic mass is 32.2. The maximum atomic E-state index is 9.34. The van der Waals surface area contributed by atoms with Crippen molar-refractivity contribution >= 4 is 17.4 Å². The number of phenols is 1. The lowest BCUT2D eigenvalue weighted by molar-refractivity contribution is 0.305. The molecule has 0 amide bonds. The molecule has 0 spiro atoms. The van der Waals surface area contributed by atoms with Crippen molar-refractivity contribution in [2.45, 2.75) is 16.4 Å². The molecule has 0 fully saturated rings. The van der Waals surface area contributed by atoms with Gasteiger partial charge in [0.2, 0.25) is 0 Å². The quantitative estimate of drug-likeness (QED) is 0.628. The van der Waals surface area contributed by atoms with E-state index in [1.807, 2.05) is 54.6 Å². The third-order valence-electron chi connectivity index (χ3n) is 3.59. The molecule has 0 radical (unpaired) electrons. The molecule has 0 aliphatic rings. The fourth-order valence-corrected chi connectivity index (χ4v) is 3.12. The Morgan fingerprint density at radius 2 is 1.76 bits per heavy atom. The number of nitrogen functional groups attached to an aromatic ring is 1. The minimum absolute atomic E-state index is 0.249. The van der Waals surface area contributed by atoms with Crippen molar-refractivity contribution in [1.82, 2.24) is 0 Å². The SMILES string of the molecule is COc1cccc(COc2ccc(Sc3ccc(O)cc3)c(N)c2)c1. The minimum atomic E-state index is 0.249. The van der Waals surface area contributed by atoms with Gasteiger partial charge in [-0.15, -0.1) is 0 Å². The van der Waals surface area contributed by atoms with Crippen LogP contribution in [0.25, 0.3) is 0 Å². The lowest BCUT2D eigenvalue weighted by atomic mass is 10.2. The summed E-state index contributed by atoms with van der Waals surface area (Å²) in [6, 6.07) is 20.4. The molecule has 0 saturated heterocycles. The lowest BCUT2D eigenvalue weighted by Gasteiger charge is -2.11. The molecule has 0 bridgehead atoms. The number of ether oxygens (including phenoxy) is 2. The number of anilines is 1. The molecule has 0 heterocycles. The first-order valence-electron chi connectivity index (χ1n) is 7.76. The summed E-state index contributed by atoms with van der Waals surface area (Å²) in [7, 11) is 1.64. The number of benzene rings is 3. The Morgan fingerprint density at radius 3 is 2.48 bits per heavy atom. The van der Waals surface area contributed by atoms with Gasteiger partial charge in [-0.3, -0.25) is 0 Å². The van der Waals surface area contributed by atoms with Crippen LogP contribution >= 0.6 is 11.8 Å². The second kappa shape index (κ2) is 7.85. The van der Waals surface area contributed by atoms with Gasteiger partial charge in [-0.05, 0) is 54.1 Å². The molecule has 4 nitrogen and oxygen atoms in total. The number of hydrogen-bond acceptors (Lipinski definition) is 5. The summed E-state index contributed by atoms with van der Waals surface area (Å²) in [5.41, 5.74) is 7.83. The fourth-order valence-electron chi connectivity index (χ4n) is 2.28. The number of methoxy groups -OCH3 is 1. The smallest absolute Gasteiger partial charge is 0.121 e. The Bertz CT molecular complexity index is 850. The van der Waals surface area contributed by atoms with Gasteiger partial charge in [0.05, 0.1) is 7.11 Å². The average Bonchev–Trinajstić information content (AvgIpc) is 2.64. The van der Waals surface area contributed by atoms with E-state index < -0.39 is 0 Å². The molecule has 5 heteroatoms. The van der Waals surface area contributed by atoms with Crippen LogP contribution in [0.3, 0.4) is 0 Å². The van der Waals surface area contributed by atoms with Crippen molar-refractivity contribution in [3.63, 3.8) is 0 Å². The molecule has 0 unspecified atom stereocenters. The molecular weight excluding hydrogens is 334 g/mol. The first kappa shape index (κ1) is 17.0. The van der Waals surface area contributed by atoms with Gasteiger partial charge in [-0.2, -0.15) is 0 Å². The highest BCUT2D eigenvalue weighted by Crippen LogP contribution is 2.34. The summed E-state index contributed by atoms with van der Waals surface area (Å²) in [5.74, 6) is 1.77. The number of rotatable bonds is 6. The topological polar surface area (TPSA) is 64.7 Å². The van der Waals surface area contributed by atoms with Crippen LogP contribution in [0, 0.1) is 0 Å². The van der Waals surface area contributed by atoms with Crippen LogP contribution in [0.1, 0.15) is 5.56 Å². The molecule has 3 aromatic carbocycles. The monoisotopic (exact) mass is 353 g/mol. The Labute approximate surface area is 151 Å². The average molecular weight is 353 g/mol. The van der Waals surface area contributed by atoms with Gasteiger partial charge in [0.25, 0.3) is 0 Å². The van der Waals surface area contributed by atoms with Gasteiger partial charge in [0, 0.05) is 21.5 Å². The molecule has 0 saturated carbocycles. The fraction of sp³-hybridized carbons (Fsp3) is 0.100. The number of phenolic OH excluding ortho intramolecular Hbond substituents is 1. The van der Waals surface area contributed by atoms with E-state index >= 15 is 0 Å². The number of hydrogen-bond donors (Lipinski definition) is 2. The highest BCUT2D eigenvalue weighted by Gasteiger charge is 2.05. The first-order chi connectivity index (χ1) is 12.1. The molecule has 3 N–H and O–H groups in total. The number of aromatic hydroxyl groups is 1. The minimum Gasteiger partial charge on any atom is -0.508 e. The van der Waals surface area contributed by atoms with Gasteiger partial charge in [-0.25, -0.2) is 0 Å². The van der Waals surface area contributed by atoms with Crippen molar-refractivity contribution in [3.8, 4) is 17.2 Å². The summed E-state index contributed by atoms with van der Waals surface area (Å²) in [6.45, 7) is 0.446. The molecule has 0 aromatic heterocycles. The Kier molecular flexibility index (Phi) is 5.36. The van der Waals surface area contributed by atoms with Crippen LogP contribution < -0.4 is 15.2 Å². The van der Waals surface area contributed by atoms with E-state index in [0.717, 1.165) is 26.9 Å². The zero-order valence-electron chi connectivity index (χ0n) is 13.8. The highest BCUT2D eigenvalue weighted by molar-refractivity contribution is 7.99. The van der Waals surface area contributed by atoms with Gasteiger partial charge >= 0.3 is 0 Å². The van der Waals surface area contributed by atoms with E-state index in [9.17, 15) is 5.11 Å². The Morgan fingerprint density at radius 1 is 0.960 bits per heavy atom. The summed E-state index contributed by atoms with van der Waals surface area (Å²) >= 11 is 1.54. The molecule has 3 aromatic rings. The van der Waals surface area contributed by atoms with Crippen molar-refractivity contribution in [3.05, 3.63) is 72.3 Å². The lowest BCUT2D eigenvalue weighted by Crippen LogP contribution is -1.97. The van der Waals surface area contributed by atoms with Gasteiger partial charge in [-0.1, -0.05) is 23.9 Å². The van der Waals surface area contributed by atoms with Crippen LogP contribution in [0.15, 0.2) is 76.5 Å². The summed E-state index contributed by atoms with van der Waals surface area (Å²) in [4.78, 5) is 1.95. The molecule has 0 atom stereocenters. The Hall–Kier alpha value is -2.79. The van der Waals surface area contributed by atoms with Crippen LogP contribution in [-0.2, 0) is 6.61 Å². The summed E-state index contributed by atoms with van der Waals surface area (Å²) < 4.78 is 11.0. The van der Waals surface area contributed by atoms with Crippen molar-refractivity contribution in [2.75, 3.05) is 12.8 Å². The normalized spacial score (nSPS) is 10.4. The van der Waals surface area contributed by atoms with Gasteiger partial charge in [0.1, 0.15) is 23.9 Å². The van der Waals surface area contributed by atoms with E-state index in [4.69, 9.17) is 15.2 Å². The molecule has 3 rings (SSSR count). The van der Waals surface area contributed by atoms with E-state index in [1.54, 1.807) is 31.0 Å². The largest absolute Gasteiger partial charge is 0.508 e. The predicted molar refractivity (Wildman–Crippen MR) is 100 cm³/mol. The second-order valence-electron chi connectivity index (χ2n) is 5.44. The zero-order chi connectivity index (χ0) is 17.6. The molecule has 0 aliphatic carbocycles. The molecule has 128 valence electrons. The number of nitrogens with two attached hydrogens (primary N) is 1. The third kappa shape index (κ3) is 4.61. The maximum absolute atomic E-state index is 9.34. The summed E-state index contributed by atoms with van der Waals surface area (Å²) in [5, 5.41) is 9.34. The van der Waals surface area contributed by atoms with Crippen molar-refractivity contribution in [2.24, 2.45) is 0 Å². The van der Waals surface area contributed by atoms with Gasteiger partial charge < -0.3 is 20.3 Å². The van der Waals surface area contributed by atoms with Crippen LogP contribution in [0.4, 0.5) is 5.69 Å². The Balaban J connectivity index is 1.65. The maximum Gasteiger partial charge on any atom is 0.121 e. The standard InChI is InChI=1S/C20H19NO3S/c1-23-16-4-2-3-14(11-16)13-24-17-7-10-20(19(21)12-17)25-18-8-5-15(22)6-9-18/h2-12,22H,13,21H2,1H3. The van der Waals surface area contributed by atoms with Crippen LogP contribution in [0.2, 0.25) is 0 Å². The molecule has 0 aliphatic heterocycles. The van der Waals surface area contributed by atoms with E-state index in [0.29, 0.717) is 12.3 Å². The van der Waals surface area contributed by atoms with E-state index in [-0.39, 0.29) is 5.75 Å². The van der Waals surface area contributed by atoms with Crippen molar-refractivity contribution < 1.29 is 14.6 Å². The third-order valence-corrected chi connectivity index (χ3v) is 4.68. The van der Waals surface area contributed by atoms with Crippen molar-refractivity contribution in [1.29, 1.82) is 0 Å². The van der Waals surface area contributed by atoms with Crippen LogP contribution in [0.5, 0.6) is 17.2 Å². The molecule has 25 heavy (non-hydrogen) atoms. The predicted octanol–water partition coefficient (Wildman–Crippen LogP) is 4.71. The zero-order valence-corrected chi connectivity index (χ0v) is 14.6. The molecular formula is C20H19NO3S. The first-order valence-corrected chi connectivity index (χ1v) is 8.58. The summed E-state index contributed by atoms with van der Waals surface area (Å²) in [6.07, 6.45) is 0. The second-order valence-corrected chi connectivity index (χ2v) is 6.55. The van der Waals surface area contributed by atoms with Crippen LogP contribution in [-0.4, -0.2) is 12.2 Å². The van der Waals surface area contributed by atoms with E-state index in [1.165, 1.54) is 0 Å². The van der Waals surface area contributed by atoms with E-state index in [2.05, 4.69) is 0 Å². The van der Waals surface area contributed by atoms with Gasteiger partial charge in [0.15, 0.2) is 0 Å².